The van der Waals surface area contributed by atoms with Crippen molar-refractivity contribution in [3.63, 3.8) is 0 Å². The Morgan fingerprint density at radius 2 is 1.76 bits per heavy atom. The Balaban J connectivity index is 1.38. The zero-order valence-electron chi connectivity index (χ0n) is 17.1. The average molecular weight is 412 g/mol. The van der Waals surface area contributed by atoms with Crippen LogP contribution >= 0.6 is 11.8 Å². The summed E-state index contributed by atoms with van der Waals surface area (Å²) in [5.74, 6) is 0.355. The molecule has 2 atom stereocenters. The summed E-state index contributed by atoms with van der Waals surface area (Å²) in [6.07, 6.45) is 2.26. The van der Waals surface area contributed by atoms with Crippen molar-refractivity contribution in [2.45, 2.75) is 57.0 Å². The van der Waals surface area contributed by atoms with Gasteiger partial charge in [0.15, 0.2) is 0 Å². The van der Waals surface area contributed by atoms with Crippen LogP contribution in [0.25, 0.3) is 0 Å². The van der Waals surface area contributed by atoms with Gasteiger partial charge in [0.2, 0.25) is 17.0 Å². The van der Waals surface area contributed by atoms with Crippen LogP contribution in [-0.2, 0) is 15.0 Å². The molecule has 1 aromatic carbocycles. The molecule has 1 heterocycles. The summed E-state index contributed by atoms with van der Waals surface area (Å²) in [6, 6.07) is 6.99. The van der Waals surface area contributed by atoms with Gasteiger partial charge in [-0.3, -0.25) is 9.59 Å². The van der Waals surface area contributed by atoms with Crippen LogP contribution in [-0.4, -0.2) is 32.7 Å². The van der Waals surface area contributed by atoms with Crippen molar-refractivity contribution in [1.29, 1.82) is 0 Å². The van der Waals surface area contributed by atoms with Crippen LogP contribution in [0.1, 0.15) is 57.8 Å². The first-order valence-electron chi connectivity index (χ1n) is 9.76. The molecule has 152 valence electrons. The Morgan fingerprint density at radius 1 is 1.10 bits per heavy atom. The maximum Gasteiger partial charge on any atom is 0.234 e. The standard InChI is InChI=1S/C21H25N5O2S/c1-12(27)22-13-5-7-14(8-6-13)23-16(28)11-29-19-24-18-17(25-26-19)15-9-10-21(18,4)20(15,2)3/h5-8,15H,9-11H2,1-4H3,(H,22,27)(H,23,28)/t15-,21+/m1/s1. The first-order valence-corrected chi connectivity index (χ1v) is 10.7. The number of carbonyl (C=O) groups is 2. The van der Waals surface area contributed by atoms with E-state index in [1.807, 2.05) is 0 Å². The average Bonchev–Trinajstić information content (AvgIpc) is 3.00. The van der Waals surface area contributed by atoms with Crippen molar-refractivity contribution < 1.29 is 9.59 Å². The van der Waals surface area contributed by atoms with Gasteiger partial charge in [-0.1, -0.05) is 32.5 Å². The molecule has 1 fully saturated rings. The monoisotopic (exact) mass is 411 g/mol. The highest BCUT2D eigenvalue weighted by atomic mass is 32.2. The van der Waals surface area contributed by atoms with Crippen molar-refractivity contribution in [2.24, 2.45) is 5.41 Å². The Hall–Kier alpha value is -2.48. The Morgan fingerprint density at radius 3 is 2.41 bits per heavy atom. The molecule has 7 nitrogen and oxygen atoms in total. The van der Waals surface area contributed by atoms with Gasteiger partial charge in [0, 0.05) is 29.6 Å². The molecule has 8 heteroatoms. The predicted molar refractivity (Wildman–Crippen MR) is 113 cm³/mol. The summed E-state index contributed by atoms with van der Waals surface area (Å²) < 4.78 is 0. The van der Waals surface area contributed by atoms with E-state index in [4.69, 9.17) is 4.98 Å². The second-order valence-electron chi connectivity index (χ2n) is 8.57. The summed E-state index contributed by atoms with van der Waals surface area (Å²) >= 11 is 1.30. The zero-order valence-corrected chi connectivity index (χ0v) is 17.9. The van der Waals surface area contributed by atoms with E-state index in [0.29, 0.717) is 22.4 Å². The summed E-state index contributed by atoms with van der Waals surface area (Å²) in [5.41, 5.74) is 3.62. The third kappa shape index (κ3) is 3.39. The minimum Gasteiger partial charge on any atom is -0.326 e. The molecule has 2 N–H and O–H groups in total. The number of anilines is 2. The highest BCUT2D eigenvalue weighted by molar-refractivity contribution is 7.99. The molecular weight excluding hydrogens is 386 g/mol. The highest BCUT2D eigenvalue weighted by Crippen LogP contribution is 2.66. The molecule has 4 rings (SSSR count). The Bertz CT molecular complexity index is 976. The van der Waals surface area contributed by atoms with Crippen molar-refractivity contribution in [2.75, 3.05) is 16.4 Å². The van der Waals surface area contributed by atoms with Crippen molar-refractivity contribution in [1.82, 2.24) is 15.2 Å². The van der Waals surface area contributed by atoms with Crippen LogP contribution in [0.15, 0.2) is 29.4 Å². The van der Waals surface area contributed by atoms with E-state index >= 15 is 0 Å². The van der Waals surface area contributed by atoms with Crippen LogP contribution in [0, 0.1) is 5.41 Å². The smallest absolute Gasteiger partial charge is 0.234 e. The number of aromatic nitrogens is 3. The molecule has 1 aromatic heterocycles. The number of nitrogens with zero attached hydrogens (tertiary/aromatic N) is 3. The number of rotatable bonds is 5. The molecule has 0 unspecified atom stereocenters. The van der Waals surface area contributed by atoms with E-state index in [2.05, 4.69) is 41.6 Å². The summed E-state index contributed by atoms with van der Waals surface area (Å²) in [6.45, 7) is 8.32. The second-order valence-corrected chi connectivity index (χ2v) is 9.51. The van der Waals surface area contributed by atoms with Crippen LogP contribution in [0.2, 0.25) is 0 Å². The number of carbonyl (C=O) groups excluding carboxylic acids is 2. The summed E-state index contributed by atoms with van der Waals surface area (Å²) in [7, 11) is 0. The van der Waals surface area contributed by atoms with Crippen LogP contribution in [0.4, 0.5) is 11.4 Å². The molecule has 2 bridgehead atoms. The number of thioether (sulfide) groups is 1. The number of amides is 2. The van der Waals surface area contributed by atoms with Crippen molar-refractivity contribution >= 4 is 35.0 Å². The first kappa shape index (κ1) is 19.8. The minimum atomic E-state index is -0.139. The third-order valence-electron chi connectivity index (χ3n) is 6.59. The zero-order chi connectivity index (χ0) is 20.8. The number of fused-ring (bicyclic) bond motifs is 5. The fraction of sp³-hybridized carbons (Fsp3) is 0.476. The van der Waals surface area contributed by atoms with Gasteiger partial charge < -0.3 is 10.6 Å². The fourth-order valence-corrected chi connectivity index (χ4v) is 5.18. The SMILES string of the molecule is CC(=O)Nc1ccc(NC(=O)CSc2nnc3c(n2)[C@]2(C)CC[C@H]3C2(C)C)cc1. The van der Waals surface area contributed by atoms with Gasteiger partial charge in [-0.2, -0.15) is 5.10 Å². The molecule has 2 aromatic rings. The molecule has 2 aliphatic carbocycles. The van der Waals surface area contributed by atoms with Gasteiger partial charge in [0.25, 0.3) is 0 Å². The van der Waals surface area contributed by atoms with Crippen LogP contribution < -0.4 is 10.6 Å². The van der Waals surface area contributed by atoms with Gasteiger partial charge in [0.05, 0.1) is 17.1 Å². The number of nitrogens with one attached hydrogen (secondary N) is 2. The third-order valence-corrected chi connectivity index (χ3v) is 7.43. The van der Waals surface area contributed by atoms with E-state index in [0.717, 1.165) is 24.2 Å². The molecular formula is C21H25N5O2S. The molecule has 1 saturated carbocycles. The normalized spacial score (nSPS) is 23.5. The maximum absolute atomic E-state index is 12.3. The van der Waals surface area contributed by atoms with Gasteiger partial charge in [0.1, 0.15) is 0 Å². The lowest BCUT2D eigenvalue weighted by atomic mass is 9.70. The first-order chi connectivity index (χ1) is 13.7. The molecule has 29 heavy (non-hydrogen) atoms. The molecule has 0 aliphatic heterocycles. The number of benzene rings is 1. The minimum absolute atomic E-state index is 0.0240. The second kappa shape index (κ2) is 7.09. The Kier molecular flexibility index (Phi) is 4.85. The molecule has 0 spiro atoms. The summed E-state index contributed by atoms with van der Waals surface area (Å²) in [5, 5.41) is 14.8. The van der Waals surface area contributed by atoms with Crippen LogP contribution in [0.3, 0.4) is 0 Å². The van der Waals surface area contributed by atoms with Gasteiger partial charge in [-0.25, -0.2) is 4.98 Å². The fourth-order valence-electron chi connectivity index (χ4n) is 4.59. The lowest BCUT2D eigenvalue weighted by Gasteiger charge is -2.33. The topological polar surface area (TPSA) is 96.9 Å². The Labute approximate surface area is 174 Å². The largest absolute Gasteiger partial charge is 0.326 e. The quantitative estimate of drug-likeness (QED) is 0.728. The van der Waals surface area contributed by atoms with Gasteiger partial charge >= 0.3 is 0 Å². The molecule has 0 saturated heterocycles. The van der Waals surface area contributed by atoms with E-state index in [1.54, 1.807) is 24.3 Å². The molecule has 0 radical (unpaired) electrons. The lowest BCUT2D eigenvalue weighted by Crippen LogP contribution is -2.32. The molecule has 2 aliphatic rings. The van der Waals surface area contributed by atoms with Crippen molar-refractivity contribution in [3.05, 3.63) is 35.7 Å². The lowest BCUT2D eigenvalue weighted by molar-refractivity contribution is -0.114. The summed E-state index contributed by atoms with van der Waals surface area (Å²) in [4.78, 5) is 28.2. The van der Waals surface area contributed by atoms with E-state index in [-0.39, 0.29) is 28.4 Å². The van der Waals surface area contributed by atoms with Gasteiger partial charge in [-0.15, -0.1) is 5.10 Å². The highest BCUT2D eigenvalue weighted by Gasteiger charge is 2.61. The van der Waals surface area contributed by atoms with E-state index < -0.39 is 0 Å². The van der Waals surface area contributed by atoms with Crippen molar-refractivity contribution in [3.8, 4) is 0 Å². The number of hydrogen-bond acceptors (Lipinski definition) is 6. The van der Waals surface area contributed by atoms with E-state index in [9.17, 15) is 9.59 Å². The maximum atomic E-state index is 12.3. The van der Waals surface area contributed by atoms with E-state index in [1.165, 1.54) is 18.7 Å². The number of hydrogen-bond donors (Lipinski definition) is 2. The molecule has 2 amide bonds. The predicted octanol–water partition coefficient (Wildman–Crippen LogP) is 3.74. The van der Waals surface area contributed by atoms with Gasteiger partial charge in [-0.05, 0) is 42.5 Å². The van der Waals surface area contributed by atoms with Crippen LogP contribution in [0.5, 0.6) is 0 Å².